The number of hydrogen-bond donors (Lipinski definition) is 5. The Kier molecular flexibility index (Phi) is 5.39. The number of hydrogen-bond acceptors (Lipinski definition) is 5. The number of nitrogens with one attached hydrogen (secondary N) is 1. The SMILES string of the molecule is N=C(N)c1ccc(C(N)(C(=O)OCc2ccccc2)P(=O)(O)O)cc1. The highest BCUT2D eigenvalue weighted by molar-refractivity contribution is 7.54. The predicted molar refractivity (Wildman–Crippen MR) is 91.6 cm³/mol. The molecule has 0 amide bonds. The third-order valence-electron chi connectivity index (χ3n) is 3.62. The Bertz CT molecular complexity index is 819. The highest BCUT2D eigenvalue weighted by Crippen LogP contribution is 2.54. The lowest BCUT2D eigenvalue weighted by Gasteiger charge is -2.28. The molecule has 132 valence electrons. The minimum absolute atomic E-state index is 0.135. The van der Waals surface area contributed by atoms with Gasteiger partial charge < -0.3 is 26.0 Å². The van der Waals surface area contributed by atoms with Crippen LogP contribution in [0.3, 0.4) is 0 Å². The normalized spacial score (nSPS) is 13.7. The molecule has 0 fully saturated rings. The van der Waals surface area contributed by atoms with Crippen molar-refractivity contribution in [3.63, 3.8) is 0 Å². The van der Waals surface area contributed by atoms with E-state index >= 15 is 0 Å². The molecule has 0 spiro atoms. The van der Waals surface area contributed by atoms with E-state index in [2.05, 4.69) is 0 Å². The van der Waals surface area contributed by atoms with E-state index in [0.717, 1.165) is 0 Å². The first-order chi connectivity index (χ1) is 11.7. The van der Waals surface area contributed by atoms with Crippen molar-refractivity contribution in [3.8, 4) is 0 Å². The number of nitrogen functional groups attached to an aromatic ring is 1. The van der Waals surface area contributed by atoms with Crippen LogP contribution in [0.5, 0.6) is 0 Å². The molecule has 2 aromatic carbocycles. The summed E-state index contributed by atoms with van der Waals surface area (Å²) in [6.07, 6.45) is 0. The summed E-state index contributed by atoms with van der Waals surface area (Å²) < 4.78 is 17.0. The summed E-state index contributed by atoms with van der Waals surface area (Å²) in [4.78, 5) is 31.7. The van der Waals surface area contributed by atoms with Gasteiger partial charge in [0.05, 0.1) is 0 Å². The van der Waals surface area contributed by atoms with Crippen LogP contribution in [0.1, 0.15) is 16.7 Å². The lowest BCUT2D eigenvalue weighted by atomic mass is 10.0. The van der Waals surface area contributed by atoms with E-state index in [4.69, 9.17) is 21.6 Å². The van der Waals surface area contributed by atoms with E-state index < -0.39 is 18.8 Å². The fourth-order valence-corrected chi connectivity index (χ4v) is 2.93. The molecule has 0 aromatic heterocycles. The molecule has 0 saturated carbocycles. The smallest absolute Gasteiger partial charge is 0.361 e. The van der Waals surface area contributed by atoms with E-state index in [9.17, 15) is 19.1 Å². The average molecular weight is 363 g/mol. The van der Waals surface area contributed by atoms with Crippen LogP contribution in [0, 0.1) is 5.41 Å². The Morgan fingerprint density at radius 3 is 2.16 bits per heavy atom. The van der Waals surface area contributed by atoms with Crippen molar-refractivity contribution in [2.45, 2.75) is 11.9 Å². The molecule has 2 aromatic rings. The molecule has 0 aliphatic heterocycles. The van der Waals surface area contributed by atoms with Crippen molar-refractivity contribution < 1.29 is 23.9 Å². The highest BCUT2D eigenvalue weighted by Gasteiger charge is 2.53. The topological polar surface area (TPSA) is 160 Å². The summed E-state index contributed by atoms with van der Waals surface area (Å²) >= 11 is 0. The largest absolute Gasteiger partial charge is 0.459 e. The van der Waals surface area contributed by atoms with Crippen molar-refractivity contribution in [1.82, 2.24) is 0 Å². The Labute approximate surface area is 144 Å². The molecular formula is C16H18N3O5P. The van der Waals surface area contributed by atoms with E-state index in [0.29, 0.717) is 11.1 Å². The van der Waals surface area contributed by atoms with Gasteiger partial charge in [-0.3, -0.25) is 9.97 Å². The quantitative estimate of drug-likeness (QED) is 0.221. The lowest BCUT2D eigenvalue weighted by molar-refractivity contribution is -0.149. The van der Waals surface area contributed by atoms with E-state index in [1.165, 1.54) is 24.3 Å². The van der Waals surface area contributed by atoms with E-state index in [1.54, 1.807) is 30.3 Å². The van der Waals surface area contributed by atoms with Gasteiger partial charge in [0.15, 0.2) is 0 Å². The molecule has 0 bridgehead atoms. The van der Waals surface area contributed by atoms with E-state index in [-0.39, 0.29) is 18.0 Å². The van der Waals surface area contributed by atoms with Gasteiger partial charge in [-0.05, 0) is 11.1 Å². The van der Waals surface area contributed by atoms with Crippen molar-refractivity contribution in [2.24, 2.45) is 11.5 Å². The van der Waals surface area contributed by atoms with Gasteiger partial charge >= 0.3 is 13.6 Å². The molecule has 8 nitrogen and oxygen atoms in total. The molecule has 0 saturated heterocycles. The van der Waals surface area contributed by atoms with Crippen LogP contribution < -0.4 is 11.5 Å². The van der Waals surface area contributed by atoms with Crippen LogP contribution in [0.15, 0.2) is 54.6 Å². The molecule has 0 heterocycles. The molecular weight excluding hydrogens is 345 g/mol. The number of nitrogens with two attached hydrogens (primary N) is 2. The molecule has 0 radical (unpaired) electrons. The van der Waals surface area contributed by atoms with Gasteiger partial charge in [0.25, 0.3) is 0 Å². The summed E-state index contributed by atoms with van der Waals surface area (Å²) in [5.74, 6) is -1.47. The Morgan fingerprint density at radius 1 is 1.12 bits per heavy atom. The zero-order chi connectivity index (χ0) is 18.7. The molecule has 1 unspecified atom stereocenters. The highest BCUT2D eigenvalue weighted by atomic mass is 31.2. The predicted octanol–water partition coefficient (Wildman–Crippen LogP) is 1.00. The summed E-state index contributed by atoms with van der Waals surface area (Å²) in [5, 5.41) is 4.68. The maximum absolute atomic E-state index is 12.4. The monoisotopic (exact) mass is 363 g/mol. The lowest BCUT2D eigenvalue weighted by Crippen LogP contribution is -2.45. The van der Waals surface area contributed by atoms with Crippen molar-refractivity contribution in [1.29, 1.82) is 5.41 Å². The van der Waals surface area contributed by atoms with Crippen LogP contribution in [-0.4, -0.2) is 21.6 Å². The van der Waals surface area contributed by atoms with Gasteiger partial charge in [-0.2, -0.15) is 0 Å². The Hall–Kier alpha value is -2.51. The van der Waals surface area contributed by atoms with Crippen molar-refractivity contribution >= 4 is 19.4 Å². The zero-order valence-corrected chi connectivity index (χ0v) is 14.0. The molecule has 25 heavy (non-hydrogen) atoms. The minimum Gasteiger partial charge on any atom is -0.459 e. The molecule has 0 aliphatic carbocycles. The molecule has 7 N–H and O–H groups in total. The Morgan fingerprint density at radius 2 is 1.68 bits per heavy atom. The summed E-state index contributed by atoms with van der Waals surface area (Å²) in [6.45, 7) is -0.176. The van der Waals surface area contributed by atoms with Gasteiger partial charge in [0, 0.05) is 5.56 Å². The number of esters is 1. The zero-order valence-electron chi connectivity index (χ0n) is 13.1. The van der Waals surface area contributed by atoms with Crippen LogP contribution in [0.2, 0.25) is 0 Å². The second-order valence-electron chi connectivity index (χ2n) is 5.36. The fourth-order valence-electron chi connectivity index (χ4n) is 2.14. The average Bonchev–Trinajstić information content (AvgIpc) is 2.59. The standard InChI is InChI=1S/C16H18N3O5P/c17-14(18)12-6-8-13(9-7-12)16(19,25(21,22)23)15(20)24-10-11-4-2-1-3-5-11/h1-9H,10,19H2,(H3,17,18)(H2,21,22,23). The van der Waals surface area contributed by atoms with Gasteiger partial charge in [0.1, 0.15) is 12.4 Å². The summed E-state index contributed by atoms with van der Waals surface area (Å²) in [6, 6.07) is 13.8. The van der Waals surface area contributed by atoms with Gasteiger partial charge in [-0.1, -0.05) is 54.6 Å². The number of carbonyl (C=O) groups is 1. The number of rotatable bonds is 6. The number of amidine groups is 1. The first kappa shape index (κ1) is 18.8. The van der Waals surface area contributed by atoms with Gasteiger partial charge in [-0.15, -0.1) is 0 Å². The Balaban J connectivity index is 2.32. The second kappa shape index (κ2) is 7.16. The summed E-state index contributed by atoms with van der Waals surface area (Å²) in [5.41, 5.74) is 12.0. The van der Waals surface area contributed by atoms with Crippen LogP contribution in [0.25, 0.3) is 0 Å². The number of carbonyl (C=O) groups excluding carboxylic acids is 1. The van der Waals surface area contributed by atoms with Crippen LogP contribution in [-0.2, 0) is 26.0 Å². The number of ether oxygens (including phenoxy) is 1. The fraction of sp³-hybridized carbons (Fsp3) is 0.125. The number of benzene rings is 2. The maximum atomic E-state index is 12.4. The molecule has 9 heteroatoms. The molecule has 0 aliphatic rings. The first-order valence-electron chi connectivity index (χ1n) is 7.17. The first-order valence-corrected chi connectivity index (χ1v) is 8.78. The third kappa shape index (κ3) is 3.94. The van der Waals surface area contributed by atoms with E-state index in [1.807, 2.05) is 0 Å². The molecule has 1 atom stereocenters. The van der Waals surface area contributed by atoms with Gasteiger partial charge in [0.2, 0.25) is 5.28 Å². The summed E-state index contributed by atoms with van der Waals surface area (Å²) in [7, 11) is -5.11. The third-order valence-corrected chi connectivity index (χ3v) is 4.98. The van der Waals surface area contributed by atoms with Crippen molar-refractivity contribution in [2.75, 3.05) is 0 Å². The van der Waals surface area contributed by atoms with Crippen molar-refractivity contribution in [3.05, 3.63) is 71.3 Å². The van der Waals surface area contributed by atoms with Crippen LogP contribution >= 0.6 is 7.60 Å². The minimum atomic E-state index is -5.11. The maximum Gasteiger partial charge on any atom is 0.361 e. The second-order valence-corrected chi connectivity index (χ2v) is 7.16. The van der Waals surface area contributed by atoms with Gasteiger partial charge in [-0.25, -0.2) is 4.79 Å². The molecule has 2 rings (SSSR count). The van der Waals surface area contributed by atoms with Crippen LogP contribution in [0.4, 0.5) is 0 Å².